The number of methoxy groups -OCH3 is 1. The summed E-state index contributed by atoms with van der Waals surface area (Å²) in [5.74, 6) is 8.11. The molecule has 0 aromatic heterocycles. The van der Waals surface area contributed by atoms with Gasteiger partial charge in [0.25, 0.3) is 0 Å². The third-order valence-corrected chi connectivity index (χ3v) is 10.9. The molecule has 2 fully saturated rings. The van der Waals surface area contributed by atoms with E-state index in [-0.39, 0.29) is 22.5 Å². The number of rotatable bonds is 3. The van der Waals surface area contributed by atoms with E-state index in [0.29, 0.717) is 24.3 Å². The van der Waals surface area contributed by atoms with Gasteiger partial charge >= 0.3 is 0 Å². The van der Waals surface area contributed by atoms with E-state index in [1.54, 1.807) is 19.2 Å². The van der Waals surface area contributed by atoms with Crippen LogP contribution in [0.25, 0.3) is 0 Å². The van der Waals surface area contributed by atoms with Crippen LogP contribution in [0.15, 0.2) is 76.2 Å². The molecule has 40 heavy (non-hydrogen) atoms. The lowest BCUT2D eigenvalue weighted by Gasteiger charge is -2.53. The molecule has 0 bridgehead atoms. The van der Waals surface area contributed by atoms with E-state index < -0.39 is 21.0 Å². The van der Waals surface area contributed by atoms with Gasteiger partial charge in [0.2, 0.25) is 10.0 Å². The fourth-order valence-corrected chi connectivity index (χ4v) is 8.45. The highest BCUT2D eigenvalue weighted by molar-refractivity contribution is 7.89. The highest BCUT2D eigenvalue weighted by Crippen LogP contribution is 2.66. The number of ketones is 1. The van der Waals surface area contributed by atoms with Crippen molar-refractivity contribution < 1.29 is 23.1 Å². The molecule has 0 spiro atoms. The second-order valence-electron chi connectivity index (χ2n) is 12.0. The first-order valence-electron chi connectivity index (χ1n) is 14.0. The maximum absolute atomic E-state index is 12.3. The van der Waals surface area contributed by atoms with E-state index >= 15 is 0 Å². The zero-order valence-electron chi connectivity index (χ0n) is 22.9. The summed E-state index contributed by atoms with van der Waals surface area (Å²) in [5.41, 5.74) is 4.19. The number of benzene rings is 2. The topological polar surface area (TPSA) is 107 Å². The lowest BCUT2D eigenvalue weighted by atomic mass is 9.51. The Hall–Kier alpha value is -3.18. The van der Waals surface area contributed by atoms with Crippen LogP contribution in [0.5, 0.6) is 5.75 Å². The average Bonchev–Trinajstić information content (AvgIpc) is 3.21. The molecule has 4 aliphatic rings. The third kappa shape index (κ3) is 4.43. The monoisotopic (exact) mass is 557 g/mol. The van der Waals surface area contributed by atoms with Crippen molar-refractivity contribution in [2.75, 3.05) is 7.11 Å². The smallest absolute Gasteiger partial charge is 0.238 e. The number of aliphatic hydroxyl groups is 1. The van der Waals surface area contributed by atoms with Gasteiger partial charge < -0.3 is 9.84 Å². The Labute approximate surface area is 236 Å². The molecular weight excluding hydrogens is 522 g/mol. The lowest BCUT2D eigenvalue weighted by molar-refractivity contribution is -0.114. The van der Waals surface area contributed by atoms with Gasteiger partial charge in [0, 0.05) is 23.3 Å². The summed E-state index contributed by atoms with van der Waals surface area (Å²) < 4.78 is 28.9. The van der Waals surface area contributed by atoms with Crippen LogP contribution in [-0.2, 0) is 14.8 Å². The van der Waals surface area contributed by atoms with Crippen molar-refractivity contribution in [2.24, 2.45) is 22.4 Å². The fourth-order valence-electron chi connectivity index (χ4n) is 7.93. The van der Waals surface area contributed by atoms with Gasteiger partial charge in [-0.25, -0.2) is 13.6 Å². The van der Waals surface area contributed by atoms with Crippen molar-refractivity contribution in [3.05, 3.63) is 82.5 Å². The van der Waals surface area contributed by atoms with E-state index in [1.807, 2.05) is 18.2 Å². The Morgan fingerprint density at radius 2 is 1.85 bits per heavy atom. The number of carbonyl (C=O) groups is 1. The summed E-state index contributed by atoms with van der Waals surface area (Å²) in [6.45, 7) is 2.20. The van der Waals surface area contributed by atoms with Crippen LogP contribution in [0.4, 0.5) is 0 Å². The molecule has 0 aliphatic heterocycles. The quantitative estimate of drug-likeness (QED) is 0.515. The zero-order valence-corrected chi connectivity index (χ0v) is 23.8. The van der Waals surface area contributed by atoms with Crippen molar-refractivity contribution in [3.63, 3.8) is 0 Å². The Balaban J connectivity index is 1.43. The van der Waals surface area contributed by atoms with Gasteiger partial charge in [-0.15, -0.1) is 0 Å². The summed E-state index contributed by atoms with van der Waals surface area (Å²) in [5, 5.41) is 17.5. The second kappa shape index (κ2) is 9.73. The van der Waals surface area contributed by atoms with Crippen LogP contribution in [0.2, 0.25) is 0 Å². The standard InChI is InChI=1S/C33H35NO5S/c1-32-20-29(22-4-3-5-25(19-22)39-2)31-27-13-9-24(35)18-23(27)8-12-28(31)30(32)15-17-33(32,36)16-14-21-6-10-26(11-7-21)40(34,37)38/h3-7,10-11,18-19,28-30,36H,8-9,12-13,15,17,20H2,1-2H3,(H2,34,37,38)/t28-,29+,30-,32-,33-/m0/s1. The molecule has 2 aromatic rings. The van der Waals surface area contributed by atoms with E-state index in [9.17, 15) is 18.3 Å². The second-order valence-corrected chi connectivity index (χ2v) is 13.6. The van der Waals surface area contributed by atoms with Crippen molar-refractivity contribution in [1.82, 2.24) is 0 Å². The Bertz CT molecular complexity index is 1610. The molecule has 6 nitrogen and oxygen atoms in total. The Kier molecular flexibility index (Phi) is 6.57. The molecule has 0 unspecified atom stereocenters. The first kappa shape index (κ1) is 27.0. The summed E-state index contributed by atoms with van der Waals surface area (Å²) >= 11 is 0. The van der Waals surface area contributed by atoms with E-state index in [1.165, 1.54) is 34.4 Å². The van der Waals surface area contributed by atoms with Gasteiger partial charge in [0.05, 0.1) is 12.0 Å². The first-order chi connectivity index (χ1) is 19.0. The Morgan fingerprint density at radius 3 is 2.58 bits per heavy atom. The number of carbonyl (C=O) groups excluding carboxylic acids is 1. The minimum absolute atomic E-state index is 0.0359. The SMILES string of the molecule is COc1cccc([C@H]2C[C@@]3(C)[C@@H](CC[C@@]3(O)C#Cc3ccc(S(N)(=O)=O)cc3)[C@@H]3CCC4=CC(=O)CCC4=C32)c1. The van der Waals surface area contributed by atoms with Gasteiger partial charge in [-0.1, -0.05) is 36.5 Å². The fraction of sp³-hybridized carbons (Fsp3) is 0.424. The molecule has 0 amide bonds. The molecule has 2 aromatic carbocycles. The molecule has 6 rings (SSSR count). The lowest BCUT2D eigenvalue weighted by Crippen LogP contribution is -2.51. The van der Waals surface area contributed by atoms with Crippen LogP contribution >= 0.6 is 0 Å². The maximum Gasteiger partial charge on any atom is 0.238 e. The summed E-state index contributed by atoms with van der Waals surface area (Å²) in [7, 11) is -2.10. The highest BCUT2D eigenvalue weighted by atomic mass is 32.2. The van der Waals surface area contributed by atoms with Crippen molar-refractivity contribution in [3.8, 4) is 17.6 Å². The molecule has 208 valence electrons. The maximum atomic E-state index is 12.3. The highest BCUT2D eigenvalue weighted by Gasteiger charge is 2.62. The summed E-state index contributed by atoms with van der Waals surface area (Å²) in [4.78, 5) is 12.3. The van der Waals surface area contributed by atoms with Crippen LogP contribution in [0.3, 0.4) is 0 Å². The number of nitrogens with two attached hydrogens (primary N) is 1. The largest absolute Gasteiger partial charge is 0.497 e. The predicted octanol–water partition coefficient (Wildman–Crippen LogP) is 5.02. The minimum atomic E-state index is -3.78. The average molecular weight is 558 g/mol. The molecule has 0 heterocycles. The molecule has 0 saturated heterocycles. The number of hydrogen-bond acceptors (Lipinski definition) is 5. The van der Waals surface area contributed by atoms with Gasteiger partial charge in [-0.05, 0) is 110 Å². The van der Waals surface area contributed by atoms with Crippen LogP contribution in [-0.4, -0.2) is 32.0 Å². The number of primary sulfonamides is 1. The number of sulfonamides is 1. The third-order valence-electron chi connectivity index (χ3n) is 9.98. The van der Waals surface area contributed by atoms with Crippen LogP contribution in [0, 0.1) is 29.1 Å². The molecule has 0 radical (unpaired) electrons. The minimum Gasteiger partial charge on any atom is -0.497 e. The number of ether oxygens (including phenoxy) is 1. The molecule has 2 saturated carbocycles. The predicted molar refractivity (Wildman–Crippen MR) is 153 cm³/mol. The van der Waals surface area contributed by atoms with E-state index in [4.69, 9.17) is 9.88 Å². The molecule has 4 aliphatic carbocycles. The van der Waals surface area contributed by atoms with Crippen molar-refractivity contribution in [2.45, 2.75) is 68.3 Å². The number of hydrogen-bond donors (Lipinski definition) is 2. The first-order valence-corrected chi connectivity index (χ1v) is 15.6. The molecule has 5 atom stereocenters. The van der Waals surface area contributed by atoms with E-state index in [2.05, 4.69) is 30.9 Å². The molecular formula is C33H35NO5S. The molecule has 3 N–H and O–H groups in total. The molecule has 7 heteroatoms. The van der Waals surface area contributed by atoms with Crippen LogP contribution in [0.1, 0.15) is 68.9 Å². The van der Waals surface area contributed by atoms with Crippen LogP contribution < -0.4 is 9.88 Å². The van der Waals surface area contributed by atoms with Crippen molar-refractivity contribution in [1.29, 1.82) is 0 Å². The summed E-state index contributed by atoms with van der Waals surface area (Å²) in [6, 6.07) is 14.4. The number of allylic oxidation sites excluding steroid dienone is 4. The zero-order chi connectivity index (χ0) is 28.3. The van der Waals surface area contributed by atoms with Gasteiger partial charge in [-0.3, -0.25) is 4.79 Å². The summed E-state index contributed by atoms with van der Waals surface area (Å²) in [6.07, 6.45) is 7.30. The van der Waals surface area contributed by atoms with E-state index in [0.717, 1.165) is 37.9 Å². The van der Waals surface area contributed by atoms with Crippen molar-refractivity contribution >= 4 is 15.8 Å². The van der Waals surface area contributed by atoms with Gasteiger partial charge in [-0.2, -0.15) is 0 Å². The van der Waals surface area contributed by atoms with Gasteiger partial charge in [0.15, 0.2) is 5.78 Å². The Morgan fingerprint density at radius 1 is 1.07 bits per heavy atom. The number of fused-ring (bicyclic) bond motifs is 4. The normalized spacial score (nSPS) is 31.4. The van der Waals surface area contributed by atoms with Gasteiger partial charge in [0.1, 0.15) is 11.4 Å².